The summed E-state index contributed by atoms with van der Waals surface area (Å²) in [6, 6.07) is -0.197. The Kier molecular flexibility index (Phi) is 2.64. The lowest BCUT2D eigenvalue weighted by Gasteiger charge is -2.37. The van der Waals surface area contributed by atoms with E-state index in [1.807, 2.05) is 0 Å². The van der Waals surface area contributed by atoms with E-state index in [0.717, 1.165) is 4.90 Å². The Morgan fingerprint density at radius 2 is 2.21 bits per heavy atom. The number of hydrogen-bond donors (Lipinski definition) is 0. The minimum absolute atomic E-state index is 0.197. The van der Waals surface area contributed by atoms with Gasteiger partial charge < -0.3 is 4.74 Å². The molecule has 0 spiro atoms. The van der Waals surface area contributed by atoms with Crippen LogP contribution in [0.1, 0.15) is 27.2 Å². The Bertz CT molecular complexity index is 278. The monoisotopic (exact) mass is 197 g/mol. The van der Waals surface area contributed by atoms with Crippen LogP contribution in [0, 0.1) is 0 Å². The maximum atomic E-state index is 11.5. The molecular formula is C10H15NO3. The van der Waals surface area contributed by atoms with E-state index in [1.54, 1.807) is 26.8 Å². The molecule has 14 heavy (non-hydrogen) atoms. The second-order valence-electron chi connectivity index (χ2n) is 4.25. The molecule has 0 saturated carbocycles. The predicted octanol–water partition coefficient (Wildman–Crippen LogP) is 1.71. The van der Waals surface area contributed by atoms with Crippen molar-refractivity contribution in [2.24, 2.45) is 0 Å². The molecule has 4 heteroatoms. The van der Waals surface area contributed by atoms with Crippen LogP contribution >= 0.6 is 0 Å². The molecule has 2 amide bonds. The van der Waals surface area contributed by atoms with Crippen molar-refractivity contribution in [1.82, 2.24) is 4.90 Å². The molecule has 1 fully saturated rings. The molecule has 1 rings (SSSR count). The van der Waals surface area contributed by atoms with Gasteiger partial charge in [0.2, 0.25) is 5.91 Å². The zero-order valence-electron chi connectivity index (χ0n) is 8.74. The van der Waals surface area contributed by atoms with Gasteiger partial charge in [0, 0.05) is 0 Å². The van der Waals surface area contributed by atoms with Gasteiger partial charge in [-0.3, -0.25) is 4.79 Å². The normalized spacial score (nSPS) is 21.5. The van der Waals surface area contributed by atoms with Crippen molar-refractivity contribution in [2.75, 3.05) is 0 Å². The molecule has 0 aromatic rings. The van der Waals surface area contributed by atoms with Crippen LogP contribution in [0.25, 0.3) is 0 Å². The number of β-lactam (4-membered cyclic amide) rings is 1. The number of likely N-dealkylation sites (tertiary alicyclic amines) is 1. The first-order valence-corrected chi connectivity index (χ1v) is 4.53. The fourth-order valence-corrected chi connectivity index (χ4v) is 1.18. The molecule has 0 unspecified atom stereocenters. The first-order valence-electron chi connectivity index (χ1n) is 4.53. The topological polar surface area (TPSA) is 46.6 Å². The van der Waals surface area contributed by atoms with Crippen LogP contribution in [0.15, 0.2) is 12.7 Å². The van der Waals surface area contributed by atoms with Crippen LogP contribution < -0.4 is 0 Å². The third-order valence-corrected chi connectivity index (χ3v) is 1.85. The first kappa shape index (κ1) is 10.8. The number of ether oxygens (including phenoxy) is 1. The van der Waals surface area contributed by atoms with Gasteiger partial charge >= 0.3 is 6.09 Å². The Labute approximate surface area is 83.5 Å². The molecule has 1 saturated heterocycles. The summed E-state index contributed by atoms with van der Waals surface area (Å²) in [5.41, 5.74) is -0.571. The van der Waals surface area contributed by atoms with Crippen molar-refractivity contribution in [3.8, 4) is 0 Å². The SMILES string of the molecule is C=C[C@@H]1CC(=O)N1C(=O)OC(C)(C)C. The van der Waals surface area contributed by atoms with Crippen LogP contribution in [0.2, 0.25) is 0 Å². The molecule has 4 nitrogen and oxygen atoms in total. The molecule has 78 valence electrons. The summed E-state index contributed by atoms with van der Waals surface area (Å²) < 4.78 is 5.06. The van der Waals surface area contributed by atoms with E-state index in [0.29, 0.717) is 6.42 Å². The lowest BCUT2D eigenvalue weighted by atomic mass is 10.0. The van der Waals surface area contributed by atoms with Gasteiger partial charge in [-0.1, -0.05) is 6.08 Å². The van der Waals surface area contributed by atoms with E-state index in [9.17, 15) is 9.59 Å². The molecule has 0 bridgehead atoms. The highest BCUT2D eigenvalue weighted by Gasteiger charge is 2.41. The summed E-state index contributed by atoms with van der Waals surface area (Å²) in [5.74, 6) is -0.204. The van der Waals surface area contributed by atoms with E-state index in [4.69, 9.17) is 4.74 Å². The van der Waals surface area contributed by atoms with Gasteiger partial charge in [-0.05, 0) is 20.8 Å². The van der Waals surface area contributed by atoms with Gasteiger partial charge in [0.15, 0.2) is 0 Å². The molecule has 0 aliphatic carbocycles. The molecule has 1 aliphatic heterocycles. The van der Waals surface area contributed by atoms with Crippen molar-refractivity contribution in [3.05, 3.63) is 12.7 Å². The highest BCUT2D eigenvalue weighted by atomic mass is 16.6. The highest BCUT2D eigenvalue weighted by molar-refractivity contribution is 5.98. The lowest BCUT2D eigenvalue weighted by Crippen LogP contribution is -2.55. The summed E-state index contributed by atoms with van der Waals surface area (Å²) in [4.78, 5) is 23.7. The van der Waals surface area contributed by atoms with Crippen molar-refractivity contribution in [2.45, 2.75) is 38.8 Å². The van der Waals surface area contributed by atoms with E-state index < -0.39 is 11.7 Å². The lowest BCUT2D eigenvalue weighted by molar-refractivity contribution is -0.141. The van der Waals surface area contributed by atoms with Crippen LogP contribution in [-0.4, -0.2) is 28.5 Å². The van der Waals surface area contributed by atoms with Gasteiger partial charge in [0.25, 0.3) is 0 Å². The number of rotatable bonds is 1. The Morgan fingerprint density at radius 3 is 2.57 bits per heavy atom. The fourth-order valence-electron chi connectivity index (χ4n) is 1.18. The fraction of sp³-hybridized carbons (Fsp3) is 0.600. The van der Waals surface area contributed by atoms with Crippen LogP contribution in [0.3, 0.4) is 0 Å². The Morgan fingerprint density at radius 1 is 1.64 bits per heavy atom. The minimum atomic E-state index is -0.585. The summed E-state index contributed by atoms with van der Waals surface area (Å²) in [6.45, 7) is 8.83. The molecule has 1 aliphatic rings. The van der Waals surface area contributed by atoms with Gasteiger partial charge in [0.05, 0.1) is 12.5 Å². The largest absolute Gasteiger partial charge is 0.443 e. The number of carbonyl (C=O) groups is 2. The van der Waals surface area contributed by atoms with Gasteiger partial charge in [-0.25, -0.2) is 9.69 Å². The van der Waals surface area contributed by atoms with Crippen LogP contribution in [-0.2, 0) is 9.53 Å². The van der Waals surface area contributed by atoms with Crippen molar-refractivity contribution < 1.29 is 14.3 Å². The maximum Gasteiger partial charge on any atom is 0.417 e. The quantitative estimate of drug-likeness (QED) is 0.475. The summed E-state index contributed by atoms with van der Waals surface area (Å²) in [6.07, 6.45) is 1.34. The van der Waals surface area contributed by atoms with Crippen molar-refractivity contribution in [1.29, 1.82) is 0 Å². The Balaban J connectivity index is 2.60. The average Bonchev–Trinajstić information content (AvgIpc) is 1.95. The van der Waals surface area contributed by atoms with Gasteiger partial charge in [-0.2, -0.15) is 0 Å². The van der Waals surface area contributed by atoms with Crippen LogP contribution in [0.5, 0.6) is 0 Å². The maximum absolute atomic E-state index is 11.5. The predicted molar refractivity (Wildman–Crippen MR) is 51.7 cm³/mol. The number of carbonyl (C=O) groups excluding carboxylic acids is 2. The Hall–Kier alpha value is -1.32. The summed E-state index contributed by atoms with van der Waals surface area (Å²) in [5, 5.41) is 0. The van der Waals surface area contributed by atoms with Gasteiger partial charge in [0.1, 0.15) is 5.60 Å². The van der Waals surface area contributed by atoms with E-state index >= 15 is 0 Å². The number of imide groups is 1. The average molecular weight is 197 g/mol. The molecule has 0 N–H and O–H groups in total. The molecule has 0 aromatic carbocycles. The molecular weight excluding hydrogens is 182 g/mol. The second kappa shape index (κ2) is 3.44. The van der Waals surface area contributed by atoms with E-state index in [1.165, 1.54) is 0 Å². The van der Waals surface area contributed by atoms with Crippen LogP contribution in [0.4, 0.5) is 4.79 Å². The zero-order chi connectivity index (χ0) is 10.9. The third kappa shape index (κ3) is 2.13. The van der Waals surface area contributed by atoms with E-state index in [-0.39, 0.29) is 11.9 Å². The molecule has 1 atom stereocenters. The highest BCUT2D eigenvalue weighted by Crippen LogP contribution is 2.22. The van der Waals surface area contributed by atoms with Gasteiger partial charge in [-0.15, -0.1) is 6.58 Å². The first-order chi connectivity index (χ1) is 6.35. The standard InChI is InChI=1S/C10H15NO3/c1-5-7-6-8(12)11(7)9(13)14-10(2,3)4/h5,7H,1,6H2,2-4H3/t7-/m1/s1. The second-order valence-corrected chi connectivity index (χ2v) is 4.25. The van der Waals surface area contributed by atoms with Crippen molar-refractivity contribution in [3.63, 3.8) is 0 Å². The number of hydrogen-bond acceptors (Lipinski definition) is 3. The summed E-state index contributed by atoms with van der Waals surface area (Å²) in [7, 11) is 0. The number of amides is 2. The van der Waals surface area contributed by atoms with E-state index in [2.05, 4.69) is 6.58 Å². The summed E-state index contributed by atoms with van der Waals surface area (Å²) >= 11 is 0. The van der Waals surface area contributed by atoms with Crippen molar-refractivity contribution >= 4 is 12.0 Å². The number of nitrogens with zero attached hydrogens (tertiary/aromatic N) is 1. The molecule has 0 radical (unpaired) electrons. The zero-order valence-corrected chi connectivity index (χ0v) is 8.74. The smallest absolute Gasteiger partial charge is 0.417 e. The third-order valence-electron chi connectivity index (χ3n) is 1.85. The molecule has 0 aromatic heterocycles. The minimum Gasteiger partial charge on any atom is -0.443 e. The molecule has 1 heterocycles.